The first-order valence-electron chi connectivity index (χ1n) is 7.51. The summed E-state index contributed by atoms with van der Waals surface area (Å²) >= 11 is 0. The van der Waals surface area contributed by atoms with Crippen LogP contribution in [0, 0.1) is 0 Å². The topological polar surface area (TPSA) is 48.5 Å². The van der Waals surface area contributed by atoms with E-state index in [0.29, 0.717) is 0 Å². The second kappa shape index (κ2) is 6.47. The zero-order valence-electron chi connectivity index (χ0n) is 12.7. The van der Waals surface area contributed by atoms with E-state index in [4.69, 9.17) is 0 Å². The number of nitrogens with one attached hydrogen (secondary N) is 1. The second-order valence-corrected chi connectivity index (χ2v) is 5.40. The van der Waals surface area contributed by atoms with Crippen molar-refractivity contribution in [3.8, 4) is 0 Å². The normalized spacial score (nSPS) is 14.8. The summed E-state index contributed by atoms with van der Waals surface area (Å²) in [6, 6.07) is 14.3. The maximum Gasteiger partial charge on any atom is 0.221 e. The highest BCUT2D eigenvalue weighted by Crippen LogP contribution is 2.19. The molecule has 5 nitrogen and oxygen atoms in total. The lowest BCUT2D eigenvalue weighted by molar-refractivity contribution is -0.114. The summed E-state index contributed by atoms with van der Waals surface area (Å²) in [6.45, 7) is 5.36. The molecular formula is C17H20N4O. The summed E-state index contributed by atoms with van der Waals surface area (Å²) in [5.74, 6) is 0.882. The molecule has 1 fully saturated rings. The molecule has 0 radical (unpaired) electrons. The molecular weight excluding hydrogens is 276 g/mol. The number of amides is 1. The molecule has 2 heterocycles. The average molecular weight is 296 g/mol. The smallest absolute Gasteiger partial charge is 0.221 e. The van der Waals surface area contributed by atoms with Gasteiger partial charge in [-0.2, -0.15) is 0 Å². The number of benzene rings is 1. The Morgan fingerprint density at radius 1 is 1.00 bits per heavy atom. The van der Waals surface area contributed by atoms with Crippen molar-refractivity contribution in [3.05, 3.63) is 48.7 Å². The summed E-state index contributed by atoms with van der Waals surface area (Å²) in [4.78, 5) is 20.1. The molecule has 1 saturated heterocycles. The van der Waals surface area contributed by atoms with Crippen molar-refractivity contribution in [1.82, 2.24) is 4.98 Å². The molecule has 3 rings (SSSR count). The Morgan fingerprint density at radius 3 is 2.27 bits per heavy atom. The van der Waals surface area contributed by atoms with E-state index < -0.39 is 0 Å². The highest BCUT2D eigenvalue weighted by Gasteiger charge is 2.18. The predicted molar refractivity (Wildman–Crippen MR) is 89.4 cm³/mol. The Labute approximate surface area is 130 Å². The van der Waals surface area contributed by atoms with Gasteiger partial charge in [-0.3, -0.25) is 4.79 Å². The Hall–Kier alpha value is -2.56. The van der Waals surface area contributed by atoms with Gasteiger partial charge in [-0.25, -0.2) is 4.98 Å². The van der Waals surface area contributed by atoms with Crippen LogP contribution in [-0.4, -0.2) is 37.1 Å². The van der Waals surface area contributed by atoms with Gasteiger partial charge >= 0.3 is 0 Å². The van der Waals surface area contributed by atoms with Crippen LogP contribution in [0.1, 0.15) is 6.92 Å². The van der Waals surface area contributed by atoms with Crippen LogP contribution in [0.2, 0.25) is 0 Å². The third-order valence-corrected chi connectivity index (χ3v) is 3.79. The Kier molecular flexibility index (Phi) is 4.23. The van der Waals surface area contributed by atoms with Crippen LogP contribution >= 0.6 is 0 Å². The summed E-state index contributed by atoms with van der Waals surface area (Å²) in [7, 11) is 0. The molecule has 1 aliphatic rings. The third-order valence-electron chi connectivity index (χ3n) is 3.79. The molecule has 0 aliphatic carbocycles. The average Bonchev–Trinajstić information content (AvgIpc) is 2.56. The summed E-state index contributed by atoms with van der Waals surface area (Å²) < 4.78 is 0. The van der Waals surface area contributed by atoms with E-state index in [0.717, 1.165) is 37.7 Å². The fourth-order valence-electron chi connectivity index (χ4n) is 2.68. The molecule has 0 bridgehead atoms. The van der Waals surface area contributed by atoms with E-state index >= 15 is 0 Å². The highest BCUT2D eigenvalue weighted by molar-refractivity contribution is 5.88. The van der Waals surface area contributed by atoms with Crippen LogP contribution in [0.4, 0.5) is 17.2 Å². The van der Waals surface area contributed by atoms with Crippen LogP contribution in [0.15, 0.2) is 48.7 Å². The molecule has 2 aromatic rings. The number of carbonyl (C=O) groups excluding carboxylic acids is 1. The summed E-state index contributed by atoms with van der Waals surface area (Å²) in [5.41, 5.74) is 2.01. The molecule has 0 saturated carbocycles. The third kappa shape index (κ3) is 3.36. The lowest BCUT2D eigenvalue weighted by Crippen LogP contribution is -2.46. The first kappa shape index (κ1) is 14.4. The maximum absolute atomic E-state index is 11.0. The lowest BCUT2D eigenvalue weighted by Gasteiger charge is -2.36. The first-order valence-corrected chi connectivity index (χ1v) is 7.51. The van der Waals surface area contributed by atoms with Gasteiger partial charge in [0, 0.05) is 38.8 Å². The summed E-state index contributed by atoms with van der Waals surface area (Å²) in [5, 5.41) is 2.74. The maximum atomic E-state index is 11.0. The van der Waals surface area contributed by atoms with Gasteiger partial charge < -0.3 is 15.1 Å². The fraction of sp³-hybridized carbons (Fsp3) is 0.294. The molecule has 0 unspecified atom stereocenters. The number of pyridine rings is 1. The van der Waals surface area contributed by atoms with Crippen molar-refractivity contribution < 1.29 is 4.79 Å². The van der Waals surface area contributed by atoms with Gasteiger partial charge in [-0.15, -0.1) is 0 Å². The lowest BCUT2D eigenvalue weighted by atomic mass is 10.2. The molecule has 22 heavy (non-hydrogen) atoms. The van der Waals surface area contributed by atoms with Gasteiger partial charge in [0.25, 0.3) is 0 Å². The van der Waals surface area contributed by atoms with Crippen molar-refractivity contribution in [1.29, 1.82) is 0 Å². The minimum atomic E-state index is -0.0778. The van der Waals surface area contributed by atoms with E-state index in [2.05, 4.69) is 44.4 Å². The van der Waals surface area contributed by atoms with Gasteiger partial charge in [-0.1, -0.05) is 18.2 Å². The number of anilines is 3. The van der Waals surface area contributed by atoms with Crippen molar-refractivity contribution in [2.24, 2.45) is 0 Å². The van der Waals surface area contributed by atoms with Gasteiger partial charge in [0.1, 0.15) is 5.82 Å². The zero-order valence-corrected chi connectivity index (χ0v) is 12.7. The van der Waals surface area contributed by atoms with E-state index in [9.17, 15) is 4.79 Å². The number of nitrogens with zero attached hydrogens (tertiary/aromatic N) is 3. The Morgan fingerprint density at radius 2 is 1.68 bits per heavy atom. The highest BCUT2D eigenvalue weighted by atomic mass is 16.1. The molecule has 1 aromatic heterocycles. The van der Waals surface area contributed by atoms with Gasteiger partial charge in [0.05, 0.1) is 11.9 Å². The number of hydrogen-bond acceptors (Lipinski definition) is 4. The molecule has 0 atom stereocenters. The van der Waals surface area contributed by atoms with Crippen LogP contribution in [-0.2, 0) is 4.79 Å². The molecule has 1 aliphatic heterocycles. The Balaban J connectivity index is 1.60. The number of aromatic nitrogens is 1. The van der Waals surface area contributed by atoms with Crippen LogP contribution in [0.25, 0.3) is 0 Å². The molecule has 0 spiro atoms. The number of hydrogen-bond donors (Lipinski definition) is 1. The van der Waals surface area contributed by atoms with Crippen molar-refractivity contribution >= 4 is 23.1 Å². The van der Waals surface area contributed by atoms with Crippen LogP contribution < -0.4 is 15.1 Å². The number of carbonyl (C=O) groups is 1. The largest absolute Gasteiger partial charge is 0.368 e. The summed E-state index contributed by atoms with van der Waals surface area (Å²) in [6.07, 6.45) is 1.71. The van der Waals surface area contributed by atoms with Crippen LogP contribution in [0.3, 0.4) is 0 Å². The minimum Gasteiger partial charge on any atom is -0.368 e. The monoisotopic (exact) mass is 296 g/mol. The van der Waals surface area contributed by atoms with Crippen molar-refractivity contribution in [3.63, 3.8) is 0 Å². The Bertz CT molecular complexity index is 619. The SMILES string of the molecule is CC(=O)Nc1ccc(N2CCN(c3ccccc3)CC2)nc1. The van der Waals surface area contributed by atoms with E-state index in [1.165, 1.54) is 12.6 Å². The number of rotatable bonds is 3. The van der Waals surface area contributed by atoms with Gasteiger partial charge in [-0.05, 0) is 24.3 Å². The first-order chi connectivity index (χ1) is 10.7. The van der Waals surface area contributed by atoms with Crippen LogP contribution in [0.5, 0.6) is 0 Å². The fourth-order valence-corrected chi connectivity index (χ4v) is 2.68. The second-order valence-electron chi connectivity index (χ2n) is 5.40. The van der Waals surface area contributed by atoms with Crippen molar-refractivity contribution in [2.75, 3.05) is 41.3 Å². The van der Waals surface area contributed by atoms with Gasteiger partial charge in [0.2, 0.25) is 5.91 Å². The molecule has 1 aromatic carbocycles. The minimum absolute atomic E-state index is 0.0778. The van der Waals surface area contributed by atoms with E-state index in [1.807, 2.05) is 18.2 Å². The molecule has 1 amide bonds. The van der Waals surface area contributed by atoms with E-state index in [1.54, 1.807) is 6.20 Å². The number of para-hydroxylation sites is 1. The van der Waals surface area contributed by atoms with Gasteiger partial charge in [0.15, 0.2) is 0 Å². The van der Waals surface area contributed by atoms with E-state index in [-0.39, 0.29) is 5.91 Å². The zero-order chi connectivity index (χ0) is 15.4. The quantitative estimate of drug-likeness (QED) is 0.944. The van der Waals surface area contributed by atoms with Crippen molar-refractivity contribution in [2.45, 2.75) is 6.92 Å². The standard InChI is InChI=1S/C17H20N4O/c1-14(22)19-15-7-8-17(18-13-15)21-11-9-20(10-12-21)16-5-3-2-4-6-16/h2-8,13H,9-12H2,1H3,(H,19,22). The predicted octanol–water partition coefficient (Wildman–Crippen LogP) is 2.37. The molecule has 114 valence electrons. The molecule has 1 N–H and O–H groups in total. The number of piperazine rings is 1. The molecule has 5 heteroatoms.